The van der Waals surface area contributed by atoms with E-state index >= 15 is 0 Å². The predicted molar refractivity (Wildman–Crippen MR) is 67.1 cm³/mol. The summed E-state index contributed by atoms with van der Waals surface area (Å²) in [4.78, 5) is 0. The van der Waals surface area contributed by atoms with E-state index in [0.29, 0.717) is 0 Å². The summed E-state index contributed by atoms with van der Waals surface area (Å²) < 4.78 is 16.5. The molecule has 92 valence electrons. The Kier molecular flexibility index (Phi) is 18.7. The summed E-state index contributed by atoms with van der Waals surface area (Å²) in [6.45, 7) is 14.5. The van der Waals surface area contributed by atoms with Crippen molar-refractivity contribution in [2.75, 3.05) is 19.8 Å². The second-order valence-corrected chi connectivity index (χ2v) is 4.48. The van der Waals surface area contributed by atoms with Gasteiger partial charge in [-0.3, -0.25) is 0 Å². The van der Waals surface area contributed by atoms with Gasteiger partial charge in [-0.1, -0.05) is 20.8 Å². The highest BCUT2D eigenvalue weighted by Gasteiger charge is 2.13. The molecule has 0 spiro atoms. The average molecular weight is 234 g/mol. The van der Waals surface area contributed by atoms with Crippen LogP contribution >= 0.6 is 0 Å². The number of rotatable bonds is 9. The Balaban J connectivity index is 0. The first-order valence-electron chi connectivity index (χ1n) is 5.69. The first-order valence-corrected chi connectivity index (χ1v) is 7.11. The van der Waals surface area contributed by atoms with Crippen LogP contribution in [-0.4, -0.2) is 29.3 Å². The molecular weight excluding hydrogens is 208 g/mol. The minimum atomic E-state index is -1.79. The van der Waals surface area contributed by atoms with Crippen LogP contribution in [0, 0.1) is 0 Å². The third-order valence-corrected chi connectivity index (χ3v) is 2.90. The van der Waals surface area contributed by atoms with E-state index in [2.05, 4.69) is 33.9 Å². The highest BCUT2D eigenvalue weighted by molar-refractivity contribution is 6.36. The first kappa shape index (κ1) is 17.2. The Morgan fingerprint density at radius 2 is 1.00 bits per heavy atom. The van der Waals surface area contributed by atoms with Crippen LogP contribution in [0.25, 0.3) is 0 Å². The van der Waals surface area contributed by atoms with E-state index in [1.165, 1.54) is 0 Å². The minimum Gasteiger partial charge on any atom is -0.376 e. The molecule has 0 saturated carbocycles. The van der Waals surface area contributed by atoms with Gasteiger partial charge in [0.05, 0.1) is 0 Å². The van der Waals surface area contributed by atoms with Gasteiger partial charge in [0.15, 0.2) is 0 Å². The first-order chi connectivity index (χ1) is 7.35. The molecule has 15 heavy (non-hydrogen) atoms. The average Bonchev–Trinajstić information content (AvgIpc) is 2.31. The molecule has 0 N–H and O–H groups in total. The molecule has 0 aromatic carbocycles. The summed E-state index contributed by atoms with van der Waals surface area (Å²) in [5, 5.41) is 0. The van der Waals surface area contributed by atoms with Gasteiger partial charge in [-0.15, -0.1) is 13.2 Å². The van der Waals surface area contributed by atoms with Gasteiger partial charge in [-0.2, -0.15) is 0 Å². The smallest absolute Gasteiger partial charge is 0.376 e. The van der Waals surface area contributed by atoms with Gasteiger partial charge < -0.3 is 13.3 Å². The van der Waals surface area contributed by atoms with Crippen molar-refractivity contribution in [3.63, 3.8) is 0 Å². The Labute approximate surface area is 96.4 Å². The Hall–Kier alpha value is -0.163. The zero-order chi connectivity index (χ0) is 11.9. The lowest BCUT2D eigenvalue weighted by Crippen LogP contribution is -2.28. The summed E-state index contributed by atoms with van der Waals surface area (Å²) >= 11 is 0. The molecule has 0 fully saturated rings. The Morgan fingerprint density at radius 3 is 1.20 bits per heavy atom. The number of hydrogen-bond acceptors (Lipinski definition) is 3. The van der Waals surface area contributed by atoms with Gasteiger partial charge in [-0.05, 0) is 19.3 Å². The fourth-order valence-corrected chi connectivity index (χ4v) is 2.36. The monoisotopic (exact) mass is 234 g/mol. The van der Waals surface area contributed by atoms with Crippen LogP contribution in [-0.2, 0) is 13.3 Å². The van der Waals surface area contributed by atoms with E-state index in [9.17, 15) is 0 Å². The van der Waals surface area contributed by atoms with E-state index in [1.807, 2.05) is 0 Å². The summed E-state index contributed by atoms with van der Waals surface area (Å²) in [6.07, 6.45) is 3.07. The molecule has 0 atom stereocenters. The van der Waals surface area contributed by atoms with Crippen molar-refractivity contribution in [2.24, 2.45) is 0 Å². The highest BCUT2D eigenvalue weighted by Crippen LogP contribution is 1.96. The van der Waals surface area contributed by atoms with Crippen molar-refractivity contribution in [1.29, 1.82) is 0 Å². The molecule has 0 saturated heterocycles. The minimum absolute atomic E-state index is 0.754. The molecule has 0 aliphatic heterocycles. The molecule has 0 radical (unpaired) electrons. The lowest BCUT2D eigenvalue weighted by Gasteiger charge is -2.15. The van der Waals surface area contributed by atoms with Crippen LogP contribution in [0.2, 0.25) is 0 Å². The second kappa shape index (κ2) is 16.3. The molecule has 0 aromatic rings. The van der Waals surface area contributed by atoms with Crippen molar-refractivity contribution < 1.29 is 13.3 Å². The molecule has 0 heterocycles. The quantitative estimate of drug-likeness (QED) is 0.453. The molecule has 3 nitrogen and oxygen atoms in total. The third-order valence-electron chi connectivity index (χ3n) is 1.37. The van der Waals surface area contributed by atoms with Gasteiger partial charge in [0.2, 0.25) is 0 Å². The van der Waals surface area contributed by atoms with Crippen LogP contribution in [0.1, 0.15) is 40.0 Å². The molecule has 0 amide bonds. The second-order valence-electron chi connectivity index (χ2n) is 2.90. The summed E-state index contributed by atoms with van der Waals surface area (Å²) in [5.41, 5.74) is 0. The summed E-state index contributed by atoms with van der Waals surface area (Å²) in [6, 6.07) is 0. The normalized spacial score (nSPS) is 9.87. The lowest BCUT2D eigenvalue weighted by atomic mass is 10.5. The van der Waals surface area contributed by atoms with Crippen LogP contribution in [0.15, 0.2) is 13.2 Å². The van der Waals surface area contributed by atoms with E-state index in [0.717, 1.165) is 39.1 Å². The molecular formula is C11H26O3Si. The van der Waals surface area contributed by atoms with Crippen LogP contribution in [0.5, 0.6) is 0 Å². The molecule has 4 heteroatoms. The molecule has 0 aliphatic carbocycles. The van der Waals surface area contributed by atoms with Crippen molar-refractivity contribution in [1.82, 2.24) is 0 Å². The summed E-state index contributed by atoms with van der Waals surface area (Å²) in [7, 11) is -1.79. The van der Waals surface area contributed by atoms with Crippen molar-refractivity contribution in [3.05, 3.63) is 13.2 Å². The molecule has 0 rings (SSSR count). The van der Waals surface area contributed by atoms with Crippen molar-refractivity contribution >= 4 is 9.53 Å². The van der Waals surface area contributed by atoms with E-state index < -0.39 is 9.53 Å². The topological polar surface area (TPSA) is 27.7 Å². The molecule has 0 unspecified atom stereocenters. The van der Waals surface area contributed by atoms with Gasteiger partial charge in [0.1, 0.15) is 0 Å². The van der Waals surface area contributed by atoms with Crippen molar-refractivity contribution in [3.8, 4) is 0 Å². The molecule has 0 aromatic heterocycles. The van der Waals surface area contributed by atoms with Gasteiger partial charge in [0.25, 0.3) is 0 Å². The standard InChI is InChI=1S/C9H22O3Si.C2H4/c1-4-7-10-13(11-8-5-2)12-9-6-3;1-2/h13H,4-9H2,1-3H3;1-2H2. The maximum absolute atomic E-state index is 5.49. The SMILES string of the molecule is C=C.CCCO[SiH](OCCC)OCCC. The third kappa shape index (κ3) is 13.8. The molecule has 0 bridgehead atoms. The van der Waals surface area contributed by atoms with Gasteiger partial charge >= 0.3 is 9.53 Å². The Bertz CT molecular complexity index is 93.0. The van der Waals surface area contributed by atoms with E-state index in [4.69, 9.17) is 13.3 Å². The van der Waals surface area contributed by atoms with E-state index in [1.54, 1.807) is 0 Å². The van der Waals surface area contributed by atoms with Crippen LogP contribution in [0.4, 0.5) is 0 Å². The largest absolute Gasteiger partial charge is 0.484 e. The number of hydrogen-bond donors (Lipinski definition) is 0. The molecule has 0 aliphatic rings. The Morgan fingerprint density at radius 1 is 0.733 bits per heavy atom. The highest BCUT2D eigenvalue weighted by atomic mass is 28.3. The zero-order valence-corrected chi connectivity index (χ0v) is 11.6. The lowest BCUT2D eigenvalue weighted by molar-refractivity contribution is 0.0933. The predicted octanol–water partition coefficient (Wildman–Crippen LogP) is 2.79. The maximum Gasteiger partial charge on any atom is 0.484 e. The van der Waals surface area contributed by atoms with Crippen molar-refractivity contribution in [2.45, 2.75) is 40.0 Å². The van der Waals surface area contributed by atoms with Gasteiger partial charge in [-0.25, -0.2) is 0 Å². The maximum atomic E-state index is 5.49. The fourth-order valence-electron chi connectivity index (χ4n) is 0.787. The fraction of sp³-hybridized carbons (Fsp3) is 0.818. The van der Waals surface area contributed by atoms with Gasteiger partial charge in [0, 0.05) is 19.8 Å². The van der Waals surface area contributed by atoms with Crippen LogP contribution < -0.4 is 0 Å². The zero-order valence-electron chi connectivity index (χ0n) is 10.5. The summed E-state index contributed by atoms with van der Waals surface area (Å²) in [5.74, 6) is 0. The van der Waals surface area contributed by atoms with E-state index in [-0.39, 0.29) is 0 Å². The van der Waals surface area contributed by atoms with Crippen LogP contribution in [0.3, 0.4) is 0 Å².